The molecular formula is C47H66IN5O9. The number of unbranched alkanes of at least 4 members (excludes halogenated alkanes) is 2. The number of ether oxygens (including phenoxy) is 3. The topological polar surface area (TPSA) is 181 Å². The lowest BCUT2D eigenvalue weighted by molar-refractivity contribution is -0.141. The molecule has 1 unspecified atom stereocenters. The number of terminal acetylenes is 1. The number of nitrogens with zero attached hydrogens (tertiary/aromatic N) is 1. The van der Waals surface area contributed by atoms with E-state index in [1.54, 1.807) is 0 Å². The molecule has 0 bridgehead atoms. The monoisotopic (exact) mass is 971 g/mol. The Morgan fingerprint density at radius 1 is 0.774 bits per heavy atom. The van der Waals surface area contributed by atoms with Crippen LogP contribution < -0.4 is 21.3 Å². The SMILES string of the molecule is C#CCCCCOC(=O)OC(C)(CI)C(=O)[C@H](CC(C)C)NC(=O)[C@H](Cc1ccccc1)NC(=O)[C@H](CC(C)C)NC(=O)[C@H](CCc1ccccc1)NC(=O)CN1CCOCC1. The van der Waals surface area contributed by atoms with E-state index in [2.05, 4.69) is 27.2 Å². The molecule has 4 N–H and O–H groups in total. The number of benzene rings is 2. The molecule has 0 spiro atoms. The summed E-state index contributed by atoms with van der Waals surface area (Å²) in [6, 6.07) is 14.5. The molecule has 1 saturated heterocycles. The van der Waals surface area contributed by atoms with Crippen molar-refractivity contribution in [2.45, 2.75) is 116 Å². The Morgan fingerprint density at radius 2 is 1.32 bits per heavy atom. The van der Waals surface area contributed by atoms with E-state index in [9.17, 15) is 28.8 Å². The second-order valence-corrected chi connectivity index (χ2v) is 17.5. The van der Waals surface area contributed by atoms with E-state index >= 15 is 0 Å². The summed E-state index contributed by atoms with van der Waals surface area (Å²) >= 11 is 1.96. The number of halogens is 1. The number of rotatable bonds is 26. The quantitative estimate of drug-likeness (QED) is 0.0332. The molecule has 2 aromatic carbocycles. The van der Waals surface area contributed by atoms with E-state index in [0.29, 0.717) is 52.0 Å². The third-order valence-corrected chi connectivity index (χ3v) is 11.8. The van der Waals surface area contributed by atoms with Crippen LogP contribution in [0.3, 0.4) is 0 Å². The van der Waals surface area contributed by atoms with Gasteiger partial charge in [0.2, 0.25) is 23.6 Å². The lowest BCUT2D eigenvalue weighted by Crippen LogP contribution is -2.60. The first-order chi connectivity index (χ1) is 29.6. The van der Waals surface area contributed by atoms with Gasteiger partial charge in [0, 0.05) is 30.4 Å². The zero-order valence-corrected chi connectivity index (χ0v) is 39.1. The van der Waals surface area contributed by atoms with Gasteiger partial charge in [-0.25, -0.2) is 4.79 Å². The molecule has 62 heavy (non-hydrogen) atoms. The number of ketones is 1. The van der Waals surface area contributed by atoms with Crippen molar-refractivity contribution in [1.82, 2.24) is 26.2 Å². The van der Waals surface area contributed by atoms with Gasteiger partial charge in [0.15, 0.2) is 11.4 Å². The summed E-state index contributed by atoms with van der Waals surface area (Å²) < 4.78 is 16.3. The highest BCUT2D eigenvalue weighted by Crippen LogP contribution is 2.22. The number of carbonyl (C=O) groups is 6. The van der Waals surface area contributed by atoms with Crippen molar-refractivity contribution in [2.75, 3.05) is 43.9 Å². The van der Waals surface area contributed by atoms with Gasteiger partial charge in [-0.3, -0.25) is 28.9 Å². The maximum absolute atomic E-state index is 14.4. The maximum Gasteiger partial charge on any atom is 0.509 e. The molecule has 340 valence electrons. The van der Waals surface area contributed by atoms with Crippen LogP contribution >= 0.6 is 22.6 Å². The maximum atomic E-state index is 14.4. The van der Waals surface area contributed by atoms with Crippen LogP contribution in [0.15, 0.2) is 60.7 Å². The van der Waals surface area contributed by atoms with Crippen molar-refractivity contribution in [3.63, 3.8) is 0 Å². The molecule has 5 atom stereocenters. The zero-order chi connectivity index (χ0) is 45.5. The van der Waals surface area contributed by atoms with Gasteiger partial charge in [0.1, 0.15) is 18.1 Å². The molecule has 0 aromatic heterocycles. The lowest BCUT2D eigenvalue weighted by Gasteiger charge is -2.32. The molecule has 2 aromatic rings. The predicted octanol–water partition coefficient (Wildman–Crippen LogP) is 4.95. The van der Waals surface area contributed by atoms with Gasteiger partial charge in [0.25, 0.3) is 0 Å². The van der Waals surface area contributed by atoms with Crippen molar-refractivity contribution in [3.05, 3.63) is 71.8 Å². The molecule has 3 rings (SSSR count). The van der Waals surface area contributed by atoms with E-state index in [1.165, 1.54) is 6.92 Å². The third kappa shape index (κ3) is 18.8. The Bertz CT molecular complexity index is 1770. The van der Waals surface area contributed by atoms with Gasteiger partial charge in [-0.15, -0.1) is 12.3 Å². The normalized spacial score (nSPS) is 15.8. The van der Waals surface area contributed by atoms with E-state index in [1.807, 2.05) is 116 Å². The van der Waals surface area contributed by atoms with Crippen LogP contribution in [-0.2, 0) is 51.0 Å². The van der Waals surface area contributed by atoms with Gasteiger partial charge in [-0.2, -0.15) is 0 Å². The highest BCUT2D eigenvalue weighted by Gasteiger charge is 2.43. The number of hydrogen-bond donors (Lipinski definition) is 4. The lowest BCUT2D eigenvalue weighted by atomic mass is 9.90. The van der Waals surface area contributed by atoms with Crippen LogP contribution in [0.5, 0.6) is 0 Å². The summed E-state index contributed by atoms with van der Waals surface area (Å²) in [6.45, 7) is 11.6. The largest absolute Gasteiger partial charge is 0.509 e. The Morgan fingerprint density at radius 3 is 1.92 bits per heavy atom. The van der Waals surface area contributed by atoms with Crippen molar-refractivity contribution in [3.8, 4) is 12.3 Å². The van der Waals surface area contributed by atoms with E-state index in [0.717, 1.165) is 11.1 Å². The van der Waals surface area contributed by atoms with Gasteiger partial charge >= 0.3 is 6.16 Å². The van der Waals surface area contributed by atoms with Crippen LogP contribution in [0.25, 0.3) is 0 Å². The minimum atomic E-state index is -1.64. The molecule has 14 nitrogen and oxygen atoms in total. The zero-order valence-electron chi connectivity index (χ0n) is 36.9. The fourth-order valence-electron chi connectivity index (χ4n) is 6.92. The average molecular weight is 972 g/mol. The summed E-state index contributed by atoms with van der Waals surface area (Å²) in [7, 11) is 0. The van der Waals surface area contributed by atoms with Crippen molar-refractivity contribution in [2.24, 2.45) is 11.8 Å². The third-order valence-electron chi connectivity index (χ3n) is 10.3. The Hall–Kier alpha value is -4.53. The number of Topliss-reactive ketones (excluding diaryl/α,β-unsaturated/α-hetero) is 1. The fraction of sp³-hybridized carbons (Fsp3) is 0.574. The summed E-state index contributed by atoms with van der Waals surface area (Å²) in [5.41, 5.74) is 0.104. The summed E-state index contributed by atoms with van der Waals surface area (Å²) in [6.07, 6.45) is 7.38. The van der Waals surface area contributed by atoms with Crippen molar-refractivity contribution < 1.29 is 43.0 Å². The number of amides is 4. The second-order valence-electron chi connectivity index (χ2n) is 16.8. The first kappa shape index (κ1) is 51.8. The number of aryl methyl sites for hydroxylation is 1. The molecule has 0 aliphatic carbocycles. The van der Waals surface area contributed by atoms with Crippen LogP contribution in [0.4, 0.5) is 4.79 Å². The standard InChI is InChI=1S/C47H66IN5O9/c1-7-8-9-16-25-61-46(59)62-47(6,32-48)42(55)38(28-33(2)3)50-45(58)40(30-36-19-14-11-15-20-36)52-44(57)39(29-34(4)5)51-43(56)37(22-21-35-17-12-10-13-18-35)49-41(54)31-53-23-26-60-27-24-53/h1,10-15,17-20,33-34,37-40H,8-9,16,21-32H2,2-6H3,(H,49,54)(H,50,58)(H,51,56)(H,52,57)/t37-,38-,39-,40-,47?/m0/s1. The Kier molecular flexibility index (Phi) is 23.0. The van der Waals surface area contributed by atoms with Crippen molar-refractivity contribution >= 4 is 58.2 Å². The van der Waals surface area contributed by atoms with Gasteiger partial charge < -0.3 is 35.5 Å². The van der Waals surface area contributed by atoms with Crippen LogP contribution in [-0.4, -0.2) is 114 Å². The van der Waals surface area contributed by atoms with Gasteiger partial charge in [-0.05, 0) is 68.4 Å². The summed E-state index contributed by atoms with van der Waals surface area (Å²) in [4.78, 5) is 85.0. The number of nitrogens with one attached hydrogen (secondary N) is 4. The van der Waals surface area contributed by atoms with Crippen molar-refractivity contribution in [1.29, 1.82) is 0 Å². The van der Waals surface area contributed by atoms with E-state index in [-0.39, 0.29) is 61.0 Å². The van der Waals surface area contributed by atoms with Crippen LogP contribution in [0.2, 0.25) is 0 Å². The smallest absolute Gasteiger partial charge is 0.434 e. The molecule has 4 amide bonds. The minimum absolute atomic E-state index is 0.0419. The molecular weight excluding hydrogens is 905 g/mol. The summed E-state index contributed by atoms with van der Waals surface area (Å²) in [5, 5.41) is 11.6. The molecule has 0 radical (unpaired) electrons. The van der Waals surface area contributed by atoms with Crippen LogP contribution in [0, 0.1) is 24.2 Å². The minimum Gasteiger partial charge on any atom is -0.434 e. The fourth-order valence-corrected chi connectivity index (χ4v) is 7.45. The number of carbonyl (C=O) groups excluding carboxylic acids is 6. The summed E-state index contributed by atoms with van der Waals surface area (Å²) in [5.74, 6) is -0.139. The number of alkyl halides is 1. The van der Waals surface area contributed by atoms with Gasteiger partial charge in [0.05, 0.1) is 32.4 Å². The molecule has 1 aliphatic heterocycles. The van der Waals surface area contributed by atoms with E-state index in [4.69, 9.17) is 20.6 Å². The molecule has 1 aliphatic rings. The molecule has 15 heteroatoms. The highest BCUT2D eigenvalue weighted by molar-refractivity contribution is 14.1. The molecule has 1 heterocycles. The van der Waals surface area contributed by atoms with E-state index < -0.39 is 59.4 Å². The highest BCUT2D eigenvalue weighted by atomic mass is 127. The number of hydrogen-bond acceptors (Lipinski definition) is 10. The van der Waals surface area contributed by atoms with Crippen LogP contribution in [0.1, 0.15) is 84.3 Å². The molecule has 0 saturated carbocycles. The Labute approximate surface area is 381 Å². The molecule has 1 fully saturated rings. The Balaban J connectivity index is 1.84. The number of morpholine rings is 1. The second kappa shape index (κ2) is 27.5. The average Bonchev–Trinajstić information content (AvgIpc) is 3.24. The first-order valence-electron chi connectivity index (χ1n) is 21.6. The van der Waals surface area contributed by atoms with Gasteiger partial charge in [-0.1, -0.05) is 111 Å². The predicted molar refractivity (Wildman–Crippen MR) is 246 cm³/mol. The first-order valence-corrected chi connectivity index (χ1v) is 23.1.